The molecule has 1 aliphatic heterocycles. The fraction of sp³-hybridized carbons (Fsp3) is 0.167. The van der Waals surface area contributed by atoms with Gasteiger partial charge in [-0.3, -0.25) is 4.79 Å². The fourth-order valence-corrected chi connectivity index (χ4v) is 2.53. The van der Waals surface area contributed by atoms with Crippen LogP contribution in [-0.2, 0) is 11.0 Å². The lowest BCUT2D eigenvalue weighted by Gasteiger charge is -2.19. The van der Waals surface area contributed by atoms with Crippen LogP contribution in [0.15, 0.2) is 42.5 Å². The van der Waals surface area contributed by atoms with Gasteiger partial charge in [-0.05, 0) is 23.8 Å². The van der Waals surface area contributed by atoms with E-state index in [0.29, 0.717) is 30.4 Å². The lowest BCUT2D eigenvalue weighted by Crippen LogP contribution is -2.16. The zero-order valence-corrected chi connectivity index (χ0v) is 14.0. The third-order valence-corrected chi connectivity index (χ3v) is 3.84. The SMILES string of the molecule is O=C(/C=C/c1cccc(C(F)(F)F)c1)Nc1cc2c(cc1Cl)OCCO2. The predicted molar refractivity (Wildman–Crippen MR) is 91.5 cm³/mol. The Labute approximate surface area is 152 Å². The van der Waals surface area contributed by atoms with Crippen LogP contribution in [0.25, 0.3) is 6.08 Å². The van der Waals surface area contributed by atoms with E-state index in [4.69, 9.17) is 21.1 Å². The number of carbonyl (C=O) groups is 1. The first-order valence-corrected chi connectivity index (χ1v) is 7.96. The molecule has 1 aliphatic rings. The van der Waals surface area contributed by atoms with Crippen LogP contribution in [0, 0.1) is 0 Å². The Morgan fingerprint density at radius 2 is 1.81 bits per heavy atom. The molecule has 2 aromatic rings. The molecule has 0 unspecified atom stereocenters. The van der Waals surface area contributed by atoms with Crippen LogP contribution in [-0.4, -0.2) is 19.1 Å². The summed E-state index contributed by atoms with van der Waals surface area (Å²) < 4.78 is 48.9. The average Bonchev–Trinajstić information content (AvgIpc) is 2.60. The van der Waals surface area contributed by atoms with E-state index in [0.717, 1.165) is 18.2 Å². The van der Waals surface area contributed by atoms with Crippen molar-refractivity contribution in [1.82, 2.24) is 0 Å². The first-order chi connectivity index (χ1) is 12.3. The molecule has 0 saturated heterocycles. The highest BCUT2D eigenvalue weighted by Crippen LogP contribution is 2.38. The van der Waals surface area contributed by atoms with Crippen LogP contribution in [0.2, 0.25) is 5.02 Å². The number of ether oxygens (including phenoxy) is 2. The van der Waals surface area contributed by atoms with Gasteiger partial charge in [-0.1, -0.05) is 23.7 Å². The van der Waals surface area contributed by atoms with Crippen LogP contribution >= 0.6 is 11.6 Å². The van der Waals surface area contributed by atoms with Crippen molar-refractivity contribution in [1.29, 1.82) is 0 Å². The van der Waals surface area contributed by atoms with Gasteiger partial charge in [-0.25, -0.2) is 0 Å². The Bertz CT molecular complexity index is 865. The molecule has 2 aromatic carbocycles. The highest BCUT2D eigenvalue weighted by Gasteiger charge is 2.30. The Balaban J connectivity index is 1.72. The van der Waals surface area contributed by atoms with E-state index in [9.17, 15) is 18.0 Å². The van der Waals surface area contributed by atoms with Gasteiger partial charge in [0.1, 0.15) is 13.2 Å². The molecule has 136 valence electrons. The second kappa shape index (κ2) is 7.29. The Morgan fingerprint density at radius 3 is 2.50 bits per heavy atom. The minimum absolute atomic E-state index is 0.253. The molecule has 0 aromatic heterocycles. The van der Waals surface area contributed by atoms with Gasteiger partial charge < -0.3 is 14.8 Å². The first-order valence-electron chi connectivity index (χ1n) is 7.58. The van der Waals surface area contributed by atoms with Crippen molar-refractivity contribution in [3.63, 3.8) is 0 Å². The van der Waals surface area contributed by atoms with E-state index in [1.54, 1.807) is 0 Å². The second-order valence-corrected chi connectivity index (χ2v) is 5.83. The van der Waals surface area contributed by atoms with E-state index < -0.39 is 17.6 Å². The smallest absolute Gasteiger partial charge is 0.416 e. The van der Waals surface area contributed by atoms with Gasteiger partial charge in [-0.15, -0.1) is 0 Å². The molecule has 0 atom stereocenters. The van der Waals surface area contributed by atoms with Gasteiger partial charge >= 0.3 is 6.18 Å². The first kappa shape index (κ1) is 18.1. The molecule has 0 spiro atoms. The summed E-state index contributed by atoms with van der Waals surface area (Å²) in [6.45, 7) is 0.798. The summed E-state index contributed by atoms with van der Waals surface area (Å²) in [6.07, 6.45) is -2.02. The number of alkyl halides is 3. The normalized spacial score (nSPS) is 13.7. The molecule has 4 nitrogen and oxygen atoms in total. The van der Waals surface area contributed by atoms with E-state index in [1.165, 1.54) is 30.3 Å². The van der Waals surface area contributed by atoms with Gasteiger partial charge in [0.25, 0.3) is 0 Å². The van der Waals surface area contributed by atoms with Crippen molar-refractivity contribution in [2.75, 3.05) is 18.5 Å². The molecule has 0 aliphatic carbocycles. The standard InChI is InChI=1S/C18H13ClF3NO3/c19-13-9-15-16(26-7-6-25-15)10-14(13)23-17(24)5-4-11-2-1-3-12(8-11)18(20,21)22/h1-5,8-10H,6-7H2,(H,23,24)/b5-4+. The van der Waals surface area contributed by atoms with Crippen LogP contribution in [0.5, 0.6) is 11.5 Å². The maximum Gasteiger partial charge on any atom is 0.416 e. The Kier molecular flexibility index (Phi) is 5.08. The third kappa shape index (κ3) is 4.29. The number of amides is 1. The lowest BCUT2D eigenvalue weighted by molar-refractivity contribution is -0.137. The molecule has 1 amide bonds. The van der Waals surface area contributed by atoms with Crippen molar-refractivity contribution in [2.45, 2.75) is 6.18 Å². The van der Waals surface area contributed by atoms with E-state index >= 15 is 0 Å². The minimum Gasteiger partial charge on any atom is -0.486 e. The molecular weight excluding hydrogens is 371 g/mol. The number of benzene rings is 2. The molecule has 0 bridgehead atoms. The van der Waals surface area contributed by atoms with E-state index in [-0.39, 0.29) is 10.6 Å². The van der Waals surface area contributed by atoms with Crippen LogP contribution in [0.3, 0.4) is 0 Å². The number of carbonyl (C=O) groups excluding carboxylic acids is 1. The highest BCUT2D eigenvalue weighted by atomic mass is 35.5. The van der Waals surface area contributed by atoms with Crippen LogP contribution in [0.4, 0.5) is 18.9 Å². The zero-order chi connectivity index (χ0) is 18.7. The van der Waals surface area contributed by atoms with Crippen LogP contribution < -0.4 is 14.8 Å². The molecule has 0 saturated carbocycles. The number of halogens is 4. The number of rotatable bonds is 3. The molecule has 1 N–H and O–H groups in total. The fourth-order valence-electron chi connectivity index (χ4n) is 2.32. The van der Waals surface area contributed by atoms with Crippen molar-refractivity contribution in [3.05, 3.63) is 58.6 Å². The van der Waals surface area contributed by atoms with Crippen molar-refractivity contribution >= 4 is 29.3 Å². The van der Waals surface area contributed by atoms with Gasteiger partial charge in [0.15, 0.2) is 11.5 Å². The lowest BCUT2D eigenvalue weighted by atomic mass is 10.1. The Morgan fingerprint density at radius 1 is 1.12 bits per heavy atom. The maximum absolute atomic E-state index is 12.7. The number of hydrogen-bond acceptors (Lipinski definition) is 3. The van der Waals surface area contributed by atoms with E-state index in [1.807, 2.05) is 0 Å². The summed E-state index contributed by atoms with van der Waals surface area (Å²) in [6, 6.07) is 7.73. The summed E-state index contributed by atoms with van der Waals surface area (Å²) in [5.41, 5.74) is -0.215. The number of fused-ring (bicyclic) bond motifs is 1. The highest BCUT2D eigenvalue weighted by molar-refractivity contribution is 6.34. The third-order valence-electron chi connectivity index (χ3n) is 3.53. The quantitative estimate of drug-likeness (QED) is 0.776. The van der Waals surface area contributed by atoms with E-state index in [2.05, 4.69) is 5.32 Å². The molecule has 8 heteroatoms. The number of anilines is 1. The molecule has 0 radical (unpaired) electrons. The van der Waals surface area contributed by atoms with Crippen molar-refractivity contribution in [3.8, 4) is 11.5 Å². The van der Waals surface area contributed by atoms with Gasteiger partial charge in [0, 0.05) is 18.2 Å². The largest absolute Gasteiger partial charge is 0.486 e. The van der Waals surface area contributed by atoms with Crippen molar-refractivity contribution in [2.24, 2.45) is 0 Å². The molecular formula is C18H13ClF3NO3. The molecule has 1 heterocycles. The summed E-state index contributed by atoms with van der Waals surface area (Å²) in [5.74, 6) is 0.401. The van der Waals surface area contributed by atoms with Crippen LogP contribution in [0.1, 0.15) is 11.1 Å². The summed E-state index contributed by atoms with van der Waals surface area (Å²) in [4.78, 5) is 12.0. The van der Waals surface area contributed by atoms with Gasteiger partial charge in [0.2, 0.25) is 5.91 Å². The molecule has 26 heavy (non-hydrogen) atoms. The minimum atomic E-state index is -4.44. The topological polar surface area (TPSA) is 47.6 Å². The summed E-state index contributed by atoms with van der Waals surface area (Å²) in [7, 11) is 0. The predicted octanol–water partition coefficient (Wildman–Crippen LogP) is 4.78. The maximum atomic E-state index is 12.7. The second-order valence-electron chi connectivity index (χ2n) is 5.42. The average molecular weight is 384 g/mol. The van der Waals surface area contributed by atoms with Crippen molar-refractivity contribution < 1.29 is 27.4 Å². The zero-order valence-electron chi connectivity index (χ0n) is 13.3. The monoisotopic (exact) mass is 383 g/mol. The summed E-state index contributed by atoms with van der Waals surface area (Å²) in [5, 5.41) is 2.82. The summed E-state index contributed by atoms with van der Waals surface area (Å²) >= 11 is 6.09. The molecule has 3 rings (SSSR count). The Hall–Kier alpha value is -2.67. The molecule has 0 fully saturated rings. The number of hydrogen-bond donors (Lipinski definition) is 1. The number of nitrogens with one attached hydrogen (secondary N) is 1. The van der Waals surface area contributed by atoms with Gasteiger partial charge in [-0.2, -0.15) is 13.2 Å². The van der Waals surface area contributed by atoms with Gasteiger partial charge in [0.05, 0.1) is 16.3 Å².